The van der Waals surface area contributed by atoms with Crippen LogP contribution in [0.25, 0.3) is 0 Å². The first-order valence-electron chi connectivity index (χ1n) is 8.48. The Bertz CT molecular complexity index is 808. The minimum Gasteiger partial charge on any atom is -0.481 e. The number of hydrogen-bond donors (Lipinski definition) is 3. The van der Waals surface area contributed by atoms with Gasteiger partial charge in [0.25, 0.3) is 0 Å². The molecule has 1 fully saturated rings. The first kappa shape index (κ1) is 19.0. The Morgan fingerprint density at radius 3 is 1.78 bits per heavy atom. The monoisotopic (exact) mass is 375 g/mol. The summed E-state index contributed by atoms with van der Waals surface area (Å²) in [5.41, 5.74) is 5.67. The highest BCUT2D eigenvalue weighted by molar-refractivity contribution is 5.83. The molecule has 0 saturated heterocycles. The van der Waals surface area contributed by atoms with Crippen LogP contribution >= 0.6 is 0 Å². The van der Waals surface area contributed by atoms with Crippen molar-refractivity contribution in [3.63, 3.8) is 0 Å². The van der Waals surface area contributed by atoms with E-state index in [0.29, 0.717) is 11.1 Å². The number of carboxylic acid groups (broad SMARTS) is 2. The molecule has 2 aromatic carbocycles. The third kappa shape index (κ3) is 3.83. The summed E-state index contributed by atoms with van der Waals surface area (Å²) >= 11 is 0. The van der Waals surface area contributed by atoms with Gasteiger partial charge in [0, 0.05) is 11.8 Å². The van der Waals surface area contributed by atoms with Gasteiger partial charge in [-0.1, -0.05) is 24.3 Å². The summed E-state index contributed by atoms with van der Waals surface area (Å²) in [7, 11) is 0. The smallest absolute Gasteiger partial charge is 0.324 e. The Balaban J connectivity index is 1.99. The molecule has 0 heterocycles. The average Bonchev–Trinajstić information content (AvgIpc) is 3.43. The van der Waals surface area contributed by atoms with Crippen LogP contribution in [0.2, 0.25) is 0 Å². The lowest BCUT2D eigenvalue weighted by molar-refractivity contribution is -0.145. The van der Waals surface area contributed by atoms with Gasteiger partial charge in [0.15, 0.2) is 0 Å². The molecule has 27 heavy (non-hydrogen) atoms. The Kier molecular flexibility index (Phi) is 4.97. The fourth-order valence-corrected chi connectivity index (χ4v) is 3.59. The van der Waals surface area contributed by atoms with Gasteiger partial charge in [0.2, 0.25) is 0 Å². The molecule has 7 heteroatoms. The van der Waals surface area contributed by atoms with Gasteiger partial charge in [0.05, 0.1) is 5.92 Å². The summed E-state index contributed by atoms with van der Waals surface area (Å²) < 4.78 is 26.6. The molecule has 1 aliphatic carbocycles. The number of carbonyl (C=O) groups is 2. The Labute approximate surface area is 154 Å². The van der Waals surface area contributed by atoms with Crippen molar-refractivity contribution in [1.29, 1.82) is 0 Å². The number of aliphatic carboxylic acids is 2. The van der Waals surface area contributed by atoms with Crippen LogP contribution in [0.1, 0.15) is 29.9 Å². The molecule has 0 aliphatic heterocycles. The Morgan fingerprint density at radius 1 is 1.00 bits per heavy atom. The van der Waals surface area contributed by atoms with Crippen molar-refractivity contribution < 1.29 is 28.6 Å². The van der Waals surface area contributed by atoms with Crippen molar-refractivity contribution in [2.24, 2.45) is 17.6 Å². The van der Waals surface area contributed by atoms with E-state index in [1.165, 1.54) is 48.5 Å². The maximum absolute atomic E-state index is 13.3. The molecule has 4 N–H and O–H groups in total. The molecule has 1 unspecified atom stereocenters. The summed E-state index contributed by atoms with van der Waals surface area (Å²) in [4.78, 5) is 23.1. The molecule has 3 atom stereocenters. The topological polar surface area (TPSA) is 101 Å². The zero-order chi connectivity index (χ0) is 19.8. The number of hydrogen-bond acceptors (Lipinski definition) is 3. The van der Waals surface area contributed by atoms with Crippen LogP contribution in [0.5, 0.6) is 0 Å². The Morgan fingerprint density at radius 2 is 1.44 bits per heavy atom. The molecular weight excluding hydrogens is 356 g/mol. The maximum atomic E-state index is 13.3. The minimum absolute atomic E-state index is 0.0892. The van der Waals surface area contributed by atoms with E-state index in [2.05, 4.69) is 0 Å². The number of rotatable bonds is 7. The molecule has 0 aromatic heterocycles. The average molecular weight is 375 g/mol. The quantitative estimate of drug-likeness (QED) is 0.691. The normalized spacial score (nSPS) is 20.9. The fourth-order valence-electron chi connectivity index (χ4n) is 3.59. The molecule has 0 amide bonds. The van der Waals surface area contributed by atoms with Crippen molar-refractivity contribution in [1.82, 2.24) is 0 Å². The number of benzene rings is 2. The highest BCUT2D eigenvalue weighted by Gasteiger charge is 2.58. The summed E-state index contributed by atoms with van der Waals surface area (Å²) in [6.45, 7) is 0. The van der Waals surface area contributed by atoms with E-state index in [0.717, 1.165) is 0 Å². The second kappa shape index (κ2) is 7.08. The van der Waals surface area contributed by atoms with Gasteiger partial charge in [0.1, 0.15) is 17.2 Å². The van der Waals surface area contributed by atoms with E-state index in [1.54, 1.807) is 0 Å². The third-order valence-corrected chi connectivity index (χ3v) is 5.25. The predicted octanol–water partition coefficient (Wildman–Crippen LogP) is 2.99. The van der Waals surface area contributed by atoms with Crippen molar-refractivity contribution in [2.45, 2.75) is 24.3 Å². The second-order valence-corrected chi connectivity index (χ2v) is 6.99. The van der Waals surface area contributed by atoms with Crippen LogP contribution in [-0.2, 0) is 9.59 Å². The summed E-state index contributed by atoms with van der Waals surface area (Å²) in [6, 6.07) is 11.1. The molecule has 2 aromatic rings. The van der Waals surface area contributed by atoms with Crippen LogP contribution < -0.4 is 5.73 Å². The molecule has 0 radical (unpaired) electrons. The van der Waals surface area contributed by atoms with E-state index in [-0.39, 0.29) is 12.8 Å². The highest BCUT2D eigenvalue weighted by atomic mass is 19.1. The highest BCUT2D eigenvalue weighted by Crippen LogP contribution is 2.49. The molecule has 0 spiro atoms. The molecule has 0 bridgehead atoms. The molecule has 1 saturated carbocycles. The molecule has 142 valence electrons. The summed E-state index contributed by atoms with van der Waals surface area (Å²) in [6.07, 6.45) is 0.103. The largest absolute Gasteiger partial charge is 0.481 e. The van der Waals surface area contributed by atoms with Crippen LogP contribution in [0.3, 0.4) is 0 Å². The van der Waals surface area contributed by atoms with Crippen molar-refractivity contribution in [3.05, 3.63) is 71.3 Å². The lowest BCUT2D eigenvalue weighted by atomic mass is 9.77. The van der Waals surface area contributed by atoms with E-state index in [4.69, 9.17) is 10.8 Å². The number of nitrogens with two attached hydrogens (primary N) is 1. The van der Waals surface area contributed by atoms with Gasteiger partial charge in [-0.05, 0) is 48.2 Å². The number of carboxylic acids is 2. The molecule has 1 aliphatic rings. The SMILES string of the molecule is N[C@](CC(c1ccc(F)cc1)c1ccc(F)cc1)(C(=O)O)C1C[C@@H]1C(=O)O. The van der Waals surface area contributed by atoms with Gasteiger partial charge >= 0.3 is 11.9 Å². The van der Waals surface area contributed by atoms with Crippen LogP contribution in [0.4, 0.5) is 8.78 Å². The van der Waals surface area contributed by atoms with Gasteiger partial charge in [-0.2, -0.15) is 0 Å². The van der Waals surface area contributed by atoms with Crippen LogP contribution in [-0.4, -0.2) is 27.7 Å². The van der Waals surface area contributed by atoms with Crippen LogP contribution in [0, 0.1) is 23.5 Å². The van der Waals surface area contributed by atoms with E-state index >= 15 is 0 Å². The lowest BCUT2D eigenvalue weighted by Gasteiger charge is -2.30. The zero-order valence-electron chi connectivity index (χ0n) is 14.3. The van der Waals surface area contributed by atoms with Crippen molar-refractivity contribution in [3.8, 4) is 0 Å². The van der Waals surface area contributed by atoms with E-state index < -0.39 is 46.9 Å². The van der Waals surface area contributed by atoms with E-state index in [1.807, 2.05) is 0 Å². The summed E-state index contributed by atoms with van der Waals surface area (Å²) in [5.74, 6) is -5.29. The van der Waals surface area contributed by atoms with Crippen LogP contribution in [0.15, 0.2) is 48.5 Å². The Hall–Kier alpha value is -2.80. The van der Waals surface area contributed by atoms with Gasteiger partial charge in [-0.15, -0.1) is 0 Å². The van der Waals surface area contributed by atoms with Gasteiger partial charge in [-0.3, -0.25) is 9.59 Å². The molecule has 3 rings (SSSR count). The van der Waals surface area contributed by atoms with Crippen molar-refractivity contribution >= 4 is 11.9 Å². The lowest BCUT2D eigenvalue weighted by Crippen LogP contribution is -2.52. The standard InChI is InChI=1S/C20H19F2NO4/c21-13-5-1-11(2-6-13)16(12-3-7-14(22)8-4-12)10-20(23,19(26)27)17-9-15(17)18(24)25/h1-8,15-17H,9-10,23H2,(H,24,25)(H,26,27)/t15-,17?,20-/m0/s1. The third-order valence-electron chi connectivity index (χ3n) is 5.25. The van der Waals surface area contributed by atoms with Gasteiger partial charge < -0.3 is 15.9 Å². The molecule has 5 nitrogen and oxygen atoms in total. The fraction of sp³-hybridized carbons (Fsp3) is 0.300. The predicted molar refractivity (Wildman–Crippen MR) is 93.0 cm³/mol. The summed E-state index contributed by atoms with van der Waals surface area (Å²) in [5, 5.41) is 18.9. The zero-order valence-corrected chi connectivity index (χ0v) is 14.3. The first-order chi connectivity index (χ1) is 12.7. The second-order valence-electron chi connectivity index (χ2n) is 6.99. The molecular formula is C20H19F2NO4. The minimum atomic E-state index is -1.77. The van der Waals surface area contributed by atoms with Crippen molar-refractivity contribution in [2.75, 3.05) is 0 Å². The number of halogens is 2. The first-order valence-corrected chi connectivity index (χ1v) is 8.48. The van der Waals surface area contributed by atoms with Gasteiger partial charge in [-0.25, -0.2) is 8.78 Å². The maximum Gasteiger partial charge on any atom is 0.324 e. The van der Waals surface area contributed by atoms with E-state index in [9.17, 15) is 23.5 Å².